The molecule has 0 N–H and O–H groups in total. The van der Waals surface area contributed by atoms with E-state index in [9.17, 15) is 13.6 Å². The van der Waals surface area contributed by atoms with E-state index in [2.05, 4.69) is 0 Å². The lowest BCUT2D eigenvalue weighted by Gasteiger charge is -2.05. The molecule has 0 saturated carbocycles. The van der Waals surface area contributed by atoms with Crippen molar-refractivity contribution in [3.8, 4) is 5.75 Å². The van der Waals surface area contributed by atoms with Gasteiger partial charge in [-0.15, -0.1) is 11.3 Å². The van der Waals surface area contributed by atoms with Crippen LogP contribution in [-0.4, -0.2) is 12.9 Å². The summed E-state index contributed by atoms with van der Waals surface area (Å²) in [5.74, 6) is -1.47. The van der Waals surface area contributed by atoms with Gasteiger partial charge in [-0.05, 0) is 35.7 Å². The number of halogens is 2. The summed E-state index contributed by atoms with van der Waals surface area (Å²) in [4.78, 5) is 12.8. The molecule has 1 heterocycles. The molecule has 3 aromatic rings. The number of fused-ring (bicyclic) bond motifs is 1. The van der Waals surface area contributed by atoms with Crippen LogP contribution in [-0.2, 0) is 0 Å². The summed E-state index contributed by atoms with van der Waals surface area (Å²) < 4.78 is 32.8. The summed E-state index contributed by atoms with van der Waals surface area (Å²) in [6.45, 7) is 0. The van der Waals surface area contributed by atoms with Gasteiger partial charge in [0, 0.05) is 4.70 Å². The molecule has 5 heteroatoms. The second-order valence-electron chi connectivity index (χ2n) is 4.44. The normalized spacial score (nSPS) is 10.8. The maximum Gasteiger partial charge on any atom is 0.206 e. The van der Waals surface area contributed by atoms with Gasteiger partial charge in [-0.1, -0.05) is 12.1 Å². The Bertz CT molecular complexity index is 839. The number of ketones is 1. The average Bonchev–Trinajstić information content (AvgIpc) is 2.89. The minimum atomic E-state index is -0.686. The molecular weight excluding hydrogens is 294 g/mol. The zero-order valence-electron chi connectivity index (χ0n) is 11.0. The number of thiophene rings is 1. The maximum atomic E-state index is 14.1. The Morgan fingerprint density at radius 2 is 1.95 bits per heavy atom. The van der Waals surface area contributed by atoms with Crippen LogP contribution in [0.4, 0.5) is 8.78 Å². The summed E-state index contributed by atoms with van der Waals surface area (Å²) in [5, 5.41) is 0.757. The average molecular weight is 304 g/mol. The Morgan fingerprint density at radius 1 is 1.14 bits per heavy atom. The molecule has 0 amide bonds. The lowest BCUT2D eigenvalue weighted by atomic mass is 10.1. The van der Waals surface area contributed by atoms with E-state index < -0.39 is 11.6 Å². The van der Waals surface area contributed by atoms with Gasteiger partial charge < -0.3 is 4.74 Å². The maximum absolute atomic E-state index is 14.1. The fourth-order valence-corrected chi connectivity index (χ4v) is 3.14. The van der Waals surface area contributed by atoms with Crippen LogP contribution in [0.2, 0.25) is 0 Å². The van der Waals surface area contributed by atoms with Crippen molar-refractivity contribution in [2.75, 3.05) is 7.11 Å². The summed E-state index contributed by atoms with van der Waals surface area (Å²) in [5.41, 5.74) is -0.0543. The Kier molecular flexibility index (Phi) is 3.43. The monoisotopic (exact) mass is 304 g/mol. The summed E-state index contributed by atoms with van der Waals surface area (Å²) >= 11 is 1.14. The Morgan fingerprint density at radius 3 is 2.71 bits per heavy atom. The molecule has 0 bridgehead atoms. The number of benzene rings is 2. The lowest BCUT2D eigenvalue weighted by molar-refractivity contribution is 0.103. The lowest BCUT2D eigenvalue weighted by Crippen LogP contribution is -2.03. The van der Waals surface area contributed by atoms with Crippen LogP contribution in [0.1, 0.15) is 15.2 Å². The second kappa shape index (κ2) is 5.26. The molecule has 1 aromatic heterocycles. The van der Waals surface area contributed by atoms with E-state index in [1.54, 1.807) is 18.2 Å². The van der Waals surface area contributed by atoms with Crippen molar-refractivity contribution >= 4 is 27.2 Å². The third kappa shape index (κ3) is 2.40. The largest absolute Gasteiger partial charge is 0.494 e. The molecule has 0 fully saturated rings. The molecule has 0 saturated heterocycles. The second-order valence-corrected chi connectivity index (χ2v) is 5.53. The topological polar surface area (TPSA) is 26.3 Å². The van der Waals surface area contributed by atoms with E-state index in [0.717, 1.165) is 16.7 Å². The van der Waals surface area contributed by atoms with E-state index >= 15 is 0 Å². The van der Waals surface area contributed by atoms with Crippen LogP contribution in [0.25, 0.3) is 10.1 Å². The zero-order valence-corrected chi connectivity index (χ0v) is 11.8. The fourth-order valence-electron chi connectivity index (χ4n) is 2.09. The molecule has 2 nitrogen and oxygen atoms in total. The summed E-state index contributed by atoms with van der Waals surface area (Å²) in [7, 11) is 1.34. The van der Waals surface area contributed by atoms with E-state index in [1.807, 2.05) is 0 Å². The standard InChI is InChI=1S/C16H10F2O2S/c1-20-12-4-2-3-11(15(12)18)16(19)14-7-9-5-6-10(17)8-13(9)21-14/h2-8H,1H3. The predicted molar refractivity (Wildman–Crippen MR) is 78.2 cm³/mol. The van der Waals surface area contributed by atoms with Crippen molar-refractivity contribution in [3.05, 3.63) is 64.5 Å². The Labute approximate surface area is 123 Å². The van der Waals surface area contributed by atoms with Gasteiger partial charge in [-0.3, -0.25) is 4.79 Å². The number of methoxy groups -OCH3 is 1. The van der Waals surface area contributed by atoms with Crippen LogP contribution in [0.5, 0.6) is 5.75 Å². The third-order valence-electron chi connectivity index (χ3n) is 3.13. The zero-order chi connectivity index (χ0) is 15.0. The van der Waals surface area contributed by atoms with Crippen molar-refractivity contribution < 1.29 is 18.3 Å². The van der Waals surface area contributed by atoms with Crippen molar-refractivity contribution in [2.45, 2.75) is 0 Å². The molecule has 0 atom stereocenters. The number of carbonyl (C=O) groups is 1. The van der Waals surface area contributed by atoms with E-state index in [4.69, 9.17) is 4.74 Å². The van der Waals surface area contributed by atoms with Crippen molar-refractivity contribution in [1.82, 2.24) is 0 Å². The van der Waals surface area contributed by atoms with Crippen LogP contribution in [0.3, 0.4) is 0 Å². The van der Waals surface area contributed by atoms with Gasteiger partial charge >= 0.3 is 0 Å². The minimum absolute atomic E-state index is 0.0213. The molecule has 3 rings (SSSR count). The fraction of sp³-hybridized carbons (Fsp3) is 0.0625. The number of hydrogen-bond donors (Lipinski definition) is 0. The Balaban J connectivity index is 2.08. The minimum Gasteiger partial charge on any atom is -0.494 e. The van der Waals surface area contributed by atoms with E-state index in [1.165, 1.54) is 31.4 Å². The highest BCUT2D eigenvalue weighted by Gasteiger charge is 2.19. The van der Waals surface area contributed by atoms with Gasteiger partial charge in [0.2, 0.25) is 5.78 Å². The molecule has 21 heavy (non-hydrogen) atoms. The van der Waals surface area contributed by atoms with Crippen LogP contribution in [0, 0.1) is 11.6 Å². The van der Waals surface area contributed by atoms with Gasteiger partial charge in [-0.25, -0.2) is 8.78 Å². The van der Waals surface area contributed by atoms with Crippen molar-refractivity contribution in [3.63, 3.8) is 0 Å². The number of hydrogen-bond acceptors (Lipinski definition) is 3. The van der Waals surface area contributed by atoms with Gasteiger partial charge in [0.1, 0.15) is 5.82 Å². The van der Waals surface area contributed by atoms with Crippen molar-refractivity contribution in [1.29, 1.82) is 0 Å². The summed E-state index contributed by atoms with van der Waals surface area (Å²) in [6.07, 6.45) is 0. The summed E-state index contributed by atoms with van der Waals surface area (Å²) in [6, 6.07) is 10.3. The molecule has 0 aliphatic carbocycles. The first-order valence-electron chi connectivity index (χ1n) is 6.16. The first kappa shape index (κ1) is 13.7. The van der Waals surface area contributed by atoms with Crippen LogP contribution < -0.4 is 4.74 Å². The Hall–Kier alpha value is -2.27. The van der Waals surface area contributed by atoms with Crippen LogP contribution >= 0.6 is 11.3 Å². The molecule has 0 aliphatic rings. The number of ether oxygens (including phenoxy) is 1. The van der Waals surface area contributed by atoms with Crippen LogP contribution in [0.15, 0.2) is 42.5 Å². The molecule has 0 spiro atoms. The van der Waals surface area contributed by atoms with Crippen molar-refractivity contribution in [2.24, 2.45) is 0 Å². The molecule has 2 aromatic carbocycles. The molecule has 0 unspecified atom stereocenters. The SMILES string of the molecule is COc1cccc(C(=O)c2cc3ccc(F)cc3s2)c1F. The van der Waals surface area contributed by atoms with E-state index in [-0.39, 0.29) is 17.1 Å². The first-order chi connectivity index (χ1) is 10.1. The highest BCUT2D eigenvalue weighted by Crippen LogP contribution is 2.30. The quantitative estimate of drug-likeness (QED) is 0.670. The molecule has 0 aliphatic heterocycles. The molecular formula is C16H10F2O2S. The molecule has 106 valence electrons. The highest BCUT2D eigenvalue weighted by molar-refractivity contribution is 7.21. The van der Waals surface area contributed by atoms with E-state index in [0.29, 0.717) is 9.58 Å². The smallest absolute Gasteiger partial charge is 0.206 e. The number of rotatable bonds is 3. The number of carbonyl (C=O) groups excluding carboxylic acids is 1. The first-order valence-corrected chi connectivity index (χ1v) is 6.98. The van der Waals surface area contributed by atoms with Gasteiger partial charge in [0.05, 0.1) is 17.6 Å². The molecule has 0 radical (unpaired) electrons. The van der Waals surface area contributed by atoms with Gasteiger partial charge in [0.25, 0.3) is 0 Å². The van der Waals surface area contributed by atoms with Gasteiger partial charge in [0.15, 0.2) is 11.6 Å². The predicted octanol–water partition coefficient (Wildman–Crippen LogP) is 4.42. The van der Waals surface area contributed by atoms with Gasteiger partial charge in [-0.2, -0.15) is 0 Å². The third-order valence-corrected chi connectivity index (χ3v) is 4.23. The highest BCUT2D eigenvalue weighted by atomic mass is 32.1.